The quantitative estimate of drug-likeness (QED) is 0.794. The molecule has 0 aromatic heterocycles. The van der Waals surface area contributed by atoms with E-state index in [1.54, 1.807) is 6.08 Å². The number of nitrogens with zero attached hydrogens (tertiary/aromatic N) is 2. The first-order chi connectivity index (χ1) is 12.7. The fourth-order valence-electron chi connectivity index (χ4n) is 4.13. The molecule has 2 aliphatic rings. The Balaban J connectivity index is 1.71. The zero-order chi connectivity index (χ0) is 19.8. The first-order valence-electron chi connectivity index (χ1n) is 8.66. The lowest BCUT2D eigenvalue weighted by Crippen LogP contribution is -2.42. The molecule has 5 nitrogen and oxygen atoms in total. The Morgan fingerprint density at radius 1 is 1.30 bits per heavy atom. The van der Waals surface area contributed by atoms with E-state index in [2.05, 4.69) is 6.58 Å². The molecule has 0 radical (unpaired) electrons. The summed E-state index contributed by atoms with van der Waals surface area (Å²) in [6.07, 6.45) is -2.93. The maximum absolute atomic E-state index is 12.8. The summed E-state index contributed by atoms with van der Waals surface area (Å²) in [5, 5.41) is 9.76. The number of benzene rings is 1. The average molecular weight is 382 g/mol. The number of hydrogen-bond donors (Lipinski definition) is 1. The standard InChI is InChI=1S/C19H21F3N2O3/c1-2-6-23-9-15-10-24(12-18(15,11-23)17(26)27)16(25)8-13-4-3-5-14(7-13)19(20,21)22/h2-5,7,15H,1,6,8-12H2,(H,26,27)/t15-,18-/m1/s1. The molecule has 2 fully saturated rings. The first kappa shape index (κ1) is 19.4. The van der Waals surface area contributed by atoms with E-state index in [4.69, 9.17) is 0 Å². The molecular weight excluding hydrogens is 361 g/mol. The topological polar surface area (TPSA) is 60.9 Å². The van der Waals surface area contributed by atoms with Gasteiger partial charge in [0.1, 0.15) is 5.41 Å². The fraction of sp³-hybridized carbons (Fsp3) is 0.474. The highest BCUT2D eigenvalue weighted by molar-refractivity contribution is 5.83. The van der Waals surface area contributed by atoms with Gasteiger partial charge >= 0.3 is 12.1 Å². The second-order valence-corrected chi connectivity index (χ2v) is 7.29. The van der Waals surface area contributed by atoms with Crippen molar-refractivity contribution in [2.75, 3.05) is 32.7 Å². The zero-order valence-electron chi connectivity index (χ0n) is 14.7. The zero-order valence-corrected chi connectivity index (χ0v) is 14.7. The molecule has 2 aliphatic heterocycles. The van der Waals surface area contributed by atoms with Gasteiger partial charge in [-0.3, -0.25) is 14.5 Å². The summed E-state index contributed by atoms with van der Waals surface area (Å²) in [6, 6.07) is 4.67. The molecule has 2 heterocycles. The van der Waals surface area contributed by atoms with Crippen molar-refractivity contribution in [3.8, 4) is 0 Å². The largest absolute Gasteiger partial charge is 0.481 e. The lowest BCUT2D eigenvalue weighted by atomic mass is 9.81. The molecule has 1 aromatic rings. The normalized spacial score (nSPS) is 25.4. The molecule has 0 unspecified atom stereocenters. The van der Waals surface area contributed by atoms with Crippen molar-refractivity contribution in [2.45, 2.75) is 12.6 Å². The van der Waals surface area contributed by atoms with Gasteiger partial charge in [0.15, 0.2) is 0 Å². The van der Waals surface area contributed by atoms with Gasteiger partial charge in [-0.05, 0) is 11.6 Å². The molecular formula is C19H21F3N2O3. The predicted octanol–water partition coefficient (Wildman–Crippen LogP) is 2.28. The maximum atomic E-state index is 12.8. The SMILES string of the molecule is C=CCN1C[C@@H]2CN(C(=O)Cc3cccc(C(F)(F)F)c3)C[C@]2(C(=O)O)C1. The number of carboxylic acid groups (broad SMARTS) is 1. The Bertz CT molecular complexity index is 765. The Hall–Kier alpha value is -2.35. The number of carbonyl (C=O) groups excluding carboxylic acids is 1. The molecule has 1 aromatic carbocycles. The van der Waals surface area contributed by atoms with Crippen LogP contribution in [0.5, 0.6) is 0 Å². The third kappa shape index (κ3) is 3.71. The van der Waals surface area contributed by atoms with Crippen LogP contribution in [0.25, 0.3) is 0 Å². The molecule has 3 rings (SSSR count). The summed E-state index contributed by atoms with van der Waals surface area (Å²) in [5.41, 5.74) is -1.55. The molecule has 0 aliphatic carbocycles. The first-order valence-corrected chi connectivity index (χ1v) is 8.66. The van der Waals surface area contributed by atoms with Crippen molar-refractivity contribution < 1.29 is 27.9 Å². The summed E-state index contributed by atoms with van der Waals surface area (Å²) < 4.78 is 38.5. The number of hydrogen-bond acceptors (Lipinski definition) is 3. The lowest BCUT2D eigenvalue weighted by Gasteiger charge is -2.25. The van der Waals surface area contributed by atoms with Crippen LogP contribution in [-0.4, -0.2) is 59.5 Å². The van der Waals surface area contributed by atoms with E-state index in [0.717, 1.165) is 12.1 Å². The Morgan fingerprint density at radius 2 is 2.04 bits per heavy atom. The highest BCUT2D eigenvalue weighted by Gasteiger charge is 2.58. The van der Waals surface area contributed by atoms with Gasteiger partial charge in [0, 0.05) is 38.6 Å². The second kappa shape index (κ2) is 6.99. The molecule has 8 heteroatoms. The summed E-state index contributed by atoms with van der Waals surface area (Å²) >= 11 is 0. The van der Waals surface area contributed by atoms with Crippen LogP contribution in [0.15, 0.2) is 36.9 Å². The summed E-state index contributed by atoms with van der Waals surface area (Å²) in [6.45, 7) is 5.54. The molecule has 27 heavy (non-hydrogen) atoms. The number of likely N-dealkylation sites (tertiary alicyclic amines) is 2. The second-order valence-electron chi connectivity index (χ2n) is 7.29. The summed E-state index contributed by atoms with van der Waals surface area (Å²) in [5.74, 6) is -1.48. The van der Waals surface area contributed by atoms with Gasteiger partial charge in [0.25, 0.3) is 0 Å². The van der Waals surface area contributed by atoms with Crippen LogP contribution in [-0.2, 0) is 22.2 Å². The van der Waals surface area contributed by atoms with E-state index < -0.39 is 23.1 Å². The van der Waals surface area contributed by atoms with Crippen LogP contribution in [0, 0.1) is 11.3 Å². The van der Waals surface area contributed by atoms with E-state index in [9.17, 15) is 27.9 Å². The molecule has 0 spiro atoms. The van der Waals surface area contributed by atoms with Gasteiger partial charge < -0.3 is 10.0 Å². The van der Waals surface area contributed by atoms with Crippen LogP contribution in [0.3, 0.4) is 0 Å². The third-order valence-corrected chi connectivity index (χ3v) is 5.46. The minimum atomic E-state index is -4.47. The third-order valence-electron chi connectivity index (χ3n) is 5.46. The van der Waals surface area contributed by atoms with E-state index in [1.165, 1.54) is 17.0 Å². The number of carbonyl (C=O) groups is 2. The molecule has 0 saturated carbocycles. The molecule has 2 saturated heterocycles. The minimum absolute atomic E-state index is 0.0818. The van der Waals surface area contributed by atoms with Crippen LogP contribution in [0.4, 0.5) is 13.2 Å². The van der Waals surface area contributed by atoms with Crippen molar-refractivity contribution in [3.05, 3.63) is 48.0 Å². The maximum Gasteiger partial charge on any atom is 0.416 e. The summed E-state index contributed by atoms with van der Waals surface area (Å²) in [4.78, 5) is 28.0. The van der Waals surface area contributed by atoms with Gasteiger partial charge in [-0.1, -0.05) is 24.3 Å². The molecule has 1 amide bonds. The fourth-order valence-corrected chi connectivity index (χ4v) is 4.13. The molecule has 1 N–H and O–H groups in total. The average Bonchev–Trinajstić information content (AvgIpc) is 3.10. The monoisotopic (exact) mass is 382 g/mol. The van der Waals surface area contributed by atoms with Gasteiger partial charge in [0.05, 0.1) is 12.0 Å². The van der Waals surface area contributed by atoms with Crippen LogP contribution in [0.2, 0.25) is 0 Å². The van der Waals surface area contributed by atoms with Crippen LogP contribution in [0.1, 0.15) is 11.1 Å². The van der Waals surface area contributed by atoms with E-state index in [-0.39, 0.29) is 30.4 Å². The van der Waals surface area contributed by atoms with E-state index in [1.807, 2.05) is 4.90 Å². The number of halogens is 3. The lowest BCUT2D eigenvalue weighted by molar-refractivity contribution is -0.149. The smallest absolute Gasteiger partial charge is 0.416 e. The number of rotatable bonds is 5. The highest BCUT2D eigenvalue weighted by Crippen LogP contribution is 2.43. The minimum Gasteiger partial charge on any atom is -0.481 e. The highest BCUT2D eigenvalue weighted by atomic mass is 19.4. The van der Waals surface area contributed by atoms with Crippen LogP contribution < -0.4 is 0 Å². The van der Waals surface area contributed by atoms with Gasteiger partial charge in [0.2, 0.25) is 5.91 Å². The van der Waals surface area contributed by atoms with Gasteiger partial charge in [-0.15, -0.1) is 6.58 Å². The number of fused-ring (bicyclic) bond motifs is 1. The van der Waals surface area contributed by atoms with Crippen molar-refractivity contribution in [1.82, 2.24) is 9.80 Å². The molecule has 0 bridgehead atoms. The van der Waals surface area contributed by atoms with Gasteiger partial charge in [-0.25, -0.2) is 0 Å². The Morgan fingerprint density at radius 3 is 2.63 bits per heavy atom. The van der Waals surface area contributed by atoms with Gasteiger partial charge in [-0.2, -0.15) is 13.2 Å². The van der Waals surface area contributed by atoms with Crippen molar-refractivity contribution in [2.24, 2.45) is 11.3 Å². The molecule has 146 valence electrons. The van der Waals surface area contributed by atoms with E-state index >= 15 is 0 Å². The number of aliphatic carboxylic acids is 1. The van der Waals surface area contributed by atoms with Crippen LogP contribution >= 0.6 is 0 Å². The van der Waals surface area contributed by atoms with Crippen molar-refractivity contribution in [1.29, 1.82) is 0 Å². The number of amides is 1. The van der Waals surface area contributed by atoms with Crippen molar-refractivity contribution >= 4 is 11.9 Å². The number of alkyl halides is 3. The Labute approximate surface area is 155 Å². The number of carboxylic acids is 1. The predicted molar refractivity (Wildman–Crippen MR) is 91.9 cm³/mol. The van der Waals surface area contributed by atoms with E-state index in [0.29, 0.717) is 26.2 Å². The van der Waals surface area contributed by atoms with Crippen molar-refractivity contribution in [3.63, 3.8) is 0 Å². The Kier molecular flexibility index (Phi) is 5.03. The summed E-state index contributed by atoms with van der Waals surface area (Å²) in [7, 11) is 0. The molecule has 2 atom stereocenters.